The third-order valence-corrected chi connectivity index (χ3v) is 6.94. The maximum atomic E-state index is 12.1. The van der Waals surface area contributed by atoms with Crippen molar-refractivity contribution in [2.24, 2.45) is 0 Å². The molecule has 0 N–H and O–H groups in total. The number of nitrogens with zero attached hydrogens (tertiary/aromatic N) is 5. The molecule has 6 rings (SSSR count). The Balaban J connectivity index is 1.17. The van der Waals surface area contributed by atoms with E-state index in [4.69, 9.17) is 13.6 Å². The van der Waals surface area contributed by atoms with Crippen molar-refractivity contribution in [2.45, 2.75) is 51.4 Å². The number of benzene rings is 1. The number of pyridine rings is 1. The third kappa shape index (κ3) is 3.87. The van der Waals surface area contributed by atoms with E-state index >= 15 is 0 Å². The number of ether oxygens (including phenoxy) is 2. The van der Waals surface area contributed by atoms with Gasteiger partial charge in [0, 0.05) is 54.3 Å². The lowest BCUT2D eigenvalue weighted by Crippen LogP contribution is -2.38. The van der Waals surface area contributed by atoms with E-state index in [-0.39, 0.29) is 12.7 Å². The van der Waals surface area contributed by atoms with Gasteiger partial charge in [0.15, 0.2) is 5.75 Å². The molecule has 176 valence electrons. The van der Waals surface area contributed by atoms with E-state index in [0.717, 1.165) is 59.0 Å². The fourth-order valence-electron chi connectivity index (χ4n) is 4.84. The lowest BCUT2D eigenvalue weighted by Gasteiger charge is -2.34. The number of piperidine rings is 1. The van der Waals surface area contributed by atoms with Crippen LogP contribution in [0.5, 0.6) is 5.75 Å². The van der Waals surface area contributed by atoms with Crippen molar-refractivity contribution in [3.8, 4) is 16.9 Å². The Hall–Kier alpha value is -3.55. The Morgan fingerprint density at radius 1 is 1.12 bits per heavy atom. The van der Waals surface area contributed by atoms with Crippen LogP contribution >= 0.6 is 0 Å². The van der Waals surface area contributed by atoms with Gasteiger partial charge in [-0.2, -0.15) is 5.10 Å². The van der Waals surface area contributed by atoms with E-state index in [1.54, 1.807) is 6.07 Å². The number of carbonyl (C=O) groups is 1. The molecule has 8 heteroatoms. The zero-order valence-electron chi connectivity index (χ0n) is 22.1. The molecule has 1 amide bonds. The largest absolute Gasteiger partial charge is 0.487 e. The van der Waals surface area contributed by atoms with Gasteiger partial charge in [0.25, 0.3) is 0 Å². The van der Waals surface area contributed by atoms with Crippen molar-refractivity contribution < 1.29 is 18.4 Å². The topological polar surface area (TPSA) is 72.7 Å². The molecule has 0 atom stereocenters. The van der Waals surface area contributed by atoms with E-state index in [2.05, 4.69) is 21.9 Å². The lowest BCUT2D eigenvalue weighted by molar-refractivity contribution is 0.143. The van der Waals surface area contributed by atoms with Gasteiger partial charge >= 0.3 is 6.09 Å². The normalized spacial score (nSPS) is 20.3. The van der Waals surface area contributed by atoms with Crippen LogP contribution in [0.1, 0.15) is 47.0 Å². The summed E-state index contributed by atoms with van der Waals surface area (Å²) in [5.74, 6) is 0.848. The molecule has 3 aliphatic rings. The van der Waals surface area contributed by atoms with Crippen molar-refractivity contribution in [1.29, 1.82) is 0 Å². The molecule has 0 spiro atoms. The zero-order chi connectivity index (χ0) is 25.7. The van der Waals surface area contributed by atoms with Crippen LogP contribution in [-0.4, -0.2) is 47.0 Å². The lowest BCUT2D eigenvalue weighted by atomic mass is 9.97. The van der Waals surface area contributed by atoms with Gasteiger partial charge in [-0.1, -0.05) is 6.07 Å². The van der Waals surface area contributed by atoms with Crippen molar-refractivity contribution in [1.82, 2.24) is 14.8 Å². The highest BCUT2D eigenvalue weighted by Gasteiger charge is 2.27. The predicted molar refractivity (Wildman–Crippen MR) is 129 cm³/mol. The number of rotatable bonds is 5. The minimum Gasteiger partial charge on any atom is -0.487 e. The van der Waals surface area contributed by atoms with Crippen LogP contribution in [0.3, 0.4) is 0 Å². The van der Waals surface area contributed by atoms with Crippen LogP contribution in [0.25, 0.3) is 11.1 Å². The van der Waals surface area contributed by atoms with E-state index < -0.39 is 13.1 Å². The van der Waals surface area contributed by atoms with Crippen LogP contribution in [-0.2, 0) is 11.3 Å². The Bertz CT molecular complexity index is 1330. The van der Waals surface area contributed by atoms with Crippen molar-refractivity contribution >= 4 is 17.5 Å². The smallest absolute Gasteiger partial charge is 0.414 e. The summed E-state index contributed by atoms with van der Waals surface area (Å²) in [4.78, 5) is 19.7. The average molecular weight is 463 g/mol. The monoisotopic (exact) mass is 462 g/mol. The van der Waals surface area contributed by atoms with Crippen LogP contribution in [0.4, 0.5) is 16.2 Å². The highest BCUT2D eigenvalue weighted by molar-refractivity contribution is 5.90. The predicted octanol–water partition coefficient (Wildman–Crippen LogP) is 4.72. The number of hydrogen-bond acceptors (Lipinski definition) is 6. The molecule has 1 saturated heterocycles. The molecule has 2 fully saturated rings. The fraction of sp³-hybridized carbons (Fsp3) is 0.423. The second-order valence-corrected chi connectivity index (χ2v) is 9.26. The molecule has 4 heterocycles. The molecule has 0 bridgehead atoms. The zero-order valence-corrected chi connectivity index (χ0v) is 19.1. The molecule has 2 aromatic heterocycles. The number of anilines is 2. The third-order valence-electron chi connectivity index (χ3n) is 6.94. The molecule has 8 nitrogen and oxygen atoms in total. The van der Waals surface area contributed by atoms with Crippen molar-refractivity contribution in [3.05, 3.63) is 54.1 Å². The van der Waals surface area contributed by atoms with E-state index in [0.29, 0.717) is 17.3 Å². The van der Waals surface area contributed by atoms with Crippen molar-refractivity contribution in [2.75, 3.05) is 29.9 Å². The molecule has 0 unspecified atom stereocenters. The van der Waals surface area contributed by atoms with Crippen LogP contribution < -0.4 is 14.5 Å². The molecule has 1 aromatic carbocycles. The summed E-state index contributed by atoms with van der Waals surface area (Å²) in [6.07, 6.45) is 11.1. The Labute approximate surface area is 203 Å². The summed E-state index contributed by atoms with van der Waals surface area (Å²) in [5.41, 5.74) is 5.04. The first-order valence-electron chi connectivity index (χ1n) is 13.3. The maximum absolute atomic E-state index is 12.1. The number of aromatic nitrogens is 3. The summed E-state index contributed by atoms with van der Waals surface area (Å²) in [6, 6.07) is 5.95. The second kappa shape index (κ2) is 8.34. The minimum atomic E-state index is -2.61. The fourth-order valence-corrected chi connectivity index (χ4v) is 4.84. The van der Waals surface area contributed by atoms with Gasteiger partial charge in [0.2, 0.25) is 0 Å². The maximum Gasteiger partial charge on any atom is 0.414 e. The summed E-state index contributed by atoms with van der Waals surface area (Å²) in [5, 5.41) is 4.42. The summed E-state index contributed by atoms with van der Waals surface area (Å²) in [6.45, 7) is 1.23. The van der Waals surface area contributed by atoms with Gasteiger partial charge < -0.3 is 14.4 Å². The van der Waals surface area contributed by atoms with Crippen LogP contribution in [0.2, 0.25) is 0 Å². The SMILES string of the molecule is [2H]C([2H])([2H])N1C(=O)OCc2cc(-c3cncc(N4CCC(Oc5cnn(C6CC6)c5)CC4)c3C)ccc21. The summed E-state index contributed by atoms with van der Waals surface area (Å²) < 4.78 is 36.5. The van der Waals surface area contributed by atoms with Gasteiger partial charge in [0.05, 0.1) is 36.0 Å². The summed E-state index contributed by atoms with van der Waals surface area (Å²) >= 11 is 0. The molecule has 1 saturated carbocycles. The van der Waals surface area contributed by atoms with Gasteiger partial charge in [-0.05, 0) is 43.0 Å². The summed E-state index contributed by atoms with van der Waals surface area (Å²) in [7, 11) is 0. The minimum absolute atomic E-state index is 0.0355. The number of cyclic esters (lactones) is 1. The first kappa shape index (κ1) is 17.9. The van der Waals surface area contributed by atoms with E-state index in [1.165, 1.54) is 12.8 Å². The number of fused-ring (bicyclic) bond motifs is 1. The van der Waals surface area contributed by atoms with Gasteiger partial charge in [-0.15, -0.1) is 0 Å². The standard InChI is InChI=1S/C26H29N5O3/c1-17-23(18-3-6-24-19(11-18)16-33-26(32)29(24)2)13-27-14-25(17)30-9-7-21(8-10-30)34-22-12-28-31(15-22)20-4-5-20/h3,6,11-15,20-21H,4-5,7-10,16H2,1-2H3/i2D3. The number of hydrogen-bond donors (Lipinski definition) is 0. The van der Waals surface area contributed by atoms with E-state index in [1.807, 2.05) is 41.6 Å². The quantitative estimate of drug-likeness (QED) is 0.546. The molecule has 34 heavy (non-hydrogen) atoms. The highest BCUT2D eigenvalue weighted by atomic mass is 16.6. The Kier molecular flexibility index (Phi) is 4.38. The first-order chi connectivity index (χ1) is 17.8. The Morgan fingerprint density at radius 2 is 1.97 bits per heavy atom. The van der Waals surface area contributed by atoms with E-state index in [9.17, 15) is 4.79 Å². The molecule has 3 aromatic rings. The van der Waals surface area contributed by atoms with Gasteiger partial charge in [-0.3, -0.25) is 14.6 Å². The van der Waals surface area contributed by atoms with Gasteiger partial charge in [0.1, 0.15) is 12.7 Å². The van der Waals surface area contributed by atoms with Crippen LogP contribution in [0.15, 0.2) is 43.0 Å². The average Bonchev–Trinajstić information content (AvgIpc) is 3.62. The van der Waals surface area contributed by atoms with Crippen molar-refractivity contribution in [3.63, 3.8) is 0 Å². The number of amides is 1. The molecule has 1 aliphatic carbocycles. The number of carbonyl (C=O) groups excluding carboxylic acids is 1. The van der Waals surface area contributed by atoms with Gasteiger partial charge in [-0.25, -0.2) is 4.79 Å². The first-order valence-corrected chi connectivity index (χ1v) is 11.8. The molecule has 0 radical (unpaired) electrons. The molecular weight excluding hydrogens is 430 g/mol. The Morgan fingerprint density at radius 3 is 2.76 bits per heavy atom. The molecular formula is C26H29N5O3. The molecule has 2 aliphatic heterocycles. The van der Waals surface area contributed by atoms with Crippen LogP contribution in [0, 0.1) is 6.92 Å². The highest BCUT2D eigenvalue weighted by Crippen LogP contribution is 2.36. The second-order valence-electron chi connectivity index (χ2n) is 9.26.